The van der Waals surface area contributed by atoms with E-state index in [-0.39, 0.29) is 16.2 Å². The van der Waals surface area contributed by atoms with Crippen LogP contribution in [0.25, 0.3) is 0 Å². The molecule has 1 unspecified atom stereocenters. The highest BCUT2D eigenvalue weighted by molar-refractivity contribution is 7.90. The Labute approximate surface area is 169 Å². The summed E-state index contributed by atoms with van der Waals surface area (Å²) in [6, 6.07) is 5.91. The monoisotopic (exact) mass is 448 g/mol. The Kier molecular flexibility index (Phi) is 8.31. The van der Waals surface area contributed by atoms with E-state index in [1.54, 1.807) is 12.2 Å². The topological polar surface area (TPSA) is 156 Å². The Morgan fingerprint density at radius 1 is 1.24 bits per heavy atom. The molecule has 0 spiro atoms. The molecular weight excluding hydrogens is 423 g/mol. The van der Waals surface area contributed by atoms with Crippen LogP contribution in [-0.2, 0) is 14.4 Å². The number of allylic oxidation sites excluding steroid dienone is 1. The molecule has 1 aliphatic carbocycles. The summed E-state index contributed by atoms with van der Waals surface area (Å²) < 4.78 is 37.4. The van der Waals surface area contributed by atoms with Gasteiger partial charge in [-0.05, 0) is 51.1 Å². The number of hydrogen-bond donors (Lipinski definition) is 3. The highest BCUT2D eigenvalue weighted by Gasteiger charge is 2.44. The van der Waals surface area contributed by atoms with Gasteiger partial charge in [0.2, 0.25) is 0 Å². The van der Waals surface area contributed by atoms with Gasteiger partial charge in [-0.25, -0.2) is 13.7 Å². The van der Waals surface area contributed by atoms with Gasteiger partial charge in [0.25, 0.3) is 0 Å². The minimum absolute atomic E-state index is 0.182. The zero-order chi connectivity index (χ0) is 22.5. The van der Waals surface area contributed by atoms with Crippen LogP contribution in [0.3, 0.4) is 0 Å². The summed E-state index contributed by atoms with van der Waals surface area (Å²) in [4.78, 5) is 25.8. The van der Waals surface area contributed by atoms with E-state index in [0.29, 0.717) is 11.5 Å². The van der Waals surface area contributed by atoms with Gasteiger partial charge in [-0.2, -0.15) is 0 Å². The van der Waals surface area contributed by atoms with Crippen molar-refractivity contribution >= 4 is 18.1 Å². The summed E-state index contributed by atoms with van der Waals surface area (Å²) in [5.74, 6) is 0.727. The fourth-order valence-electron chi connectivity index (χ4n) is 2.56. The van der Waals surface area contributed by atoms with Crippen LogP contribution in [0, 0.1) is 10.1 Å². The second-order valence-electron chi connectivity index (χ2n) is 7.34. The van der Waals surface area contributed by atoms with Gasteiger partial charge in [0.15, 0.2) is 9.84 Å². The number of benzene rings is 1. The van der Waals surface area contributed by atoms with Crippen LogP contribution in [0.4, 0.5) is 0 Å². The van der Waals surface area contributed by atoms with E-state index in [0.717, 1.165) is 6.26 Å². The van der Waals surface area contributed by atoms with Crippen molar-refractivity contribution in [1.82, 2.24) is 5.32 Å². The van der Waals surface area contributed by atoms with Crippen LogP contribution in [-0.4, -0.2) is 40.6 Å². The average molecular weight is 448 g/mol. The predicted octanol–water partition coefficient (Wildman–Crippen LogP) is 2.03. The minimum atomic E-state index is -3.29. The molecule has 0 bridgehead atoms. The SMILES string of the molecule is CC(C)(C)NC1([N+](=O)[O-])C=C(Oc2ccc(S(C)(=O)=O)cc2)C=CC1.O=[PH](O)O. The van der Waals surface area contributed by atoms with E-state index in [9.17, 15) is 18.5 Å². The highest BCUT2D eigenvalue weighted by atomic mass is 32.2. The maximum Gasteiger partial charge on any atom is 0.314 e. The Morgan fingerprint density at radius 3 is 2.17 bits per heavy atom. The first-order chi connectivity index (χ1) is 13.1. The minimum Gasteiger partial charge on any atom is -0.457 e. The summed E-state index contributed by atoms with van der Waals surface area (Å²) in [6.45, 7) is 5.57. The summed E-state index contributed by atoms with van der Waals surface area (Å²) in [5.41, 5.74) is -1.91. The largest absolute Gasteiger partial charge is 0.457 e. The smallest absolute Gasteiger partial charge is 0.314 e. The van der Waals surface area contributed by atoms with E-state index >= 15 is 0 Å². The van der Waals surface area contributed by atoms with Crippen LogP contribution in [0.15, 0.2) is 53.1 Å². The van der Waals surface area contributed by atoms with Crippen LogP contribution < -0.4 is 10.1 Å². The van der Waals surface area contributed by atoms with Gasteiger partial charge < -0.3 is 14.5 Å². The zero-order valence-electron chi connectivity index (χ0n) is 16.4. The first kappa shape index (κ1) is 25.0. The predicted molar refractivity (Wildman–Crippen MR) is 108 cm³/mol. The molecule has 162 valence electrons. The van der Waals surface area contributed by atoms with E-state index in [2.05, 4.69) is 5.32 Å². The average Bonchev–Trinajstić information content (AvgIpc) is 2.52. The molecule has 0 aromatic heterocycles. The number of nitro groups is 1. The Hall–Kier alpha value is -2.04. The molecule has 2 rings (SSSR count). The molecule has 0 saturated carbocycles. The fourth-order valence-corrected chi connectivity index (χ4v) is 3.19. The van der Waals surface area contributed by atoms with E-state index in [1.807, 2.05) is 20.8 Å². The lowest BCUT2D eigenvalue weighted by Crippen LogP contribution is -2.58. The normalized spacial score (nSPS) is 19.2. The molecule has 3 N–H and O–H groups in total. The molecule has 10 nitrogen and oxygen atoms in total. The van der Waals surface area contributed by atoms with Crippen LogP contribution >= 0.6 is 8.25 Å². The van der Waals surface area contributed by atoms with E-state index in [1.165, 1.54) is 30.3 Å². The second kappa shape index (κ2) is 9.64. The first-order valence-corrected chi connectivity index (χ1v) is 11.6. The van der Waals surface area contributed by atoms with Gasteiger partial charge in [-0.1, -0.05) is 6.08 Å². The van der Waals surface area contributed by atoms with Gasteiger partial charge in [0.05, 0.1) is 17.4 Å². The molecule has 1 aliphatic rings. The van der Waals surface area contributed by atoms with Gasteiger partial charge in [0, 0.05) is 16.7 Å². The van der Waals surface area contributed by atoms with Crippen molar-refractivity contribution in [3.05, 3.63) is 58.4 Å². The molecule has 0 heterocycles. The number of nitrogens with zero attached hydrogens (tertiary/aromatic N) is 1. The molecule has 1 aromatic rings. The summed E-state index contributed by atoms with van der Waals surface area (Å²) in [6.07, 6.45) is 6.12. The third kappa shape index (κ3) is 8.46. The summed E-state index contributed by atoms with van der Waals surface area (Å²) >= 11 is 0. The molecule has 1 aromatic carbocycles. The van der Waals surface area contributed by atoms with Crippen LogP contribution in [0.2, 0.25) is 0 Å². The number of rotatable bonds is 5. The summed E-state index contributed by atoms with van der Waals surface area (Å²) in [7, 11) is -6.42. The molecule has 0 amide bonds. The van der Waals surface area contributed by atoms with Crippen molar-refractivity contribution < 1.29 is 32.4 Å². The zero-order valence-corrected chi connectivity index (χ0v) is 18.3. The maximum absolute atomic E-state index is 11.6. The second-order valence-corrected chi connectivity index (χ2v) is 9.92. The lowest BCUT2D eigenvalue weighted by atomic mass is 9.96. The van der Waals surface area contributed by atoms with Crippen LogP contribution in [0.5, 0.6) is 5.75 Å². The Bertz CT molecular complexity index is 916. The quantitative estimate of drug-likeness (QED) is 0.265. The molecule has 12 heteroatoms. The Balaban J connectivity index is 0.000000960. The number of sulfone groups is 1. The van der Waals surface area contributed by atoms with Crippen molar-refractivity contribution in [3.63, 3.8) is 0 Å². The lowest BCUT2D eigenvalue weighted by Gasteiger charge is -2.32. The van der Waals surface area contributed by atoms with Gasteiger partial charge in [-0.3, -0.25) is 14.7 Å². The standard InChI is InChI=1S/C17H22N2O5S.H3O3P/c1-16(2,3)18-17(19(20)21)11-5-6-14(12-17)24-13-7-9-15(10-8-13)25(4,22)23;1-4(2)3/h5-10,12,18H,11H2,1-4H3;4H,(H2,1,2,3). The highest BCUT2D eigenvalue weighted by Crippen LogP contribution is 2.27. The van der Waals surface area contributed by atoms with Gasteiger partial charge in [0.1, 0.15) is 11.5 Å². The molecule has 0 fully saturated rings. The molecule has 29 heavy (non-hydrogen) atoms. The first-order valence-electron chi connectivity index (χ1n) is 8.38. The molecule has 0 aliphatic heterocycles. The van der Waals surface area contributed by atoms with E-state index < -0.39 is 29.3 Å². The third-order valence-corrected chi connectivity index (χ3v) is 4.63. The molecule has 0 radical (unpaired) electrons. The third-order valence-electron chi connectivity index (χ3n) is 3.50. The van der Waals surface area contributed by atoms with Gasteiger partial charge in [-0.15, -0.1) is 0 Å². The van der Waals surface area contributed by atoms with Gasteiger partial charge >= 0.3 is 13.9 Å². The van der Waals surface area contributed by atoms with Crippen molar-refractivity contribution in [1.29, 1.82) is 0 Å². The number of ether oxygens (including phenoxy) is 1. The Morgan fingerprint density at radius 2 is 1.76 bits per heavy atom. The molecule has 1 atom stereocenters. The molecular formula is C17H25N2O8PS. The van der Waals surface area contributed by atoms with Crippen molar-refractivity contribution in [3.8, 4) is 5.75 Å². The lowest BCUT2D eigenvalue weighted by molar-refractivity contribution is -0.565. The van der Waals surface area contributed by atoms with Crippen LogP contribution in [0.1, 0.15) is 27.2 Å². The fraction of sp³-hybridized carbons (Fsp3) is 0.412. The van der Waals surface area contributed by atoms with Crippen molar-refractivity contribution in [2.45, 2.75) is 43.3 Å². The maximum atomic E-state index is 11.6. The van der Waals surface area contributed by atoms with Crippen molar-refractivity contribution in [2.75, 3.05) is 6.26 Å². The number of hydrogen-bond acceptors (Lipinski definition) is 7. The summed E-state index contributed by atoms with van der Waals surface area (Å²) in [5, 5.41) is 14.7. The molecule has 0 saturated heterocycles. The van der Waals surface area contributed by atoms with E-state index in [4.69, 9.17) is 19.1 Å². The number of nitrogens with one attached hydrogen (secondary N) is 1. The van der Waals surface area contributed by atoms with Crippen molar-refractivity contribution in [2.24, 2.45) is 0 Å².